The van der Waals surface area contributed by atoms with Gasteiger partial charge in [-0.3, -0.25) is 0 Å². The van der Waals surface area contributed by atoms with Crippen LogP contribution in [0.5, 0.6) is 0 Å². The highest BCUT2D eigenvalue weighted by atomic mass is 15.2. The summed E-state index contributed by atoms with van der Waals surface area (Å²) in [5.41, 5.74) is 61.8. The molecule has 366 valence electrons. The lowest BCUT2D eigenvalue weighted by Crippen LogP contribution is -2.30. The topological polar surface area (TPSA) is 363 Å². The summed E-state index contributed by atoms with van der Waals surface area (Å²) in [4.78, 5) is 51.3. The number of nitrogens with two attached hydrogens (primary N) is 8. The molecule has 20 nitrogen and oxygen atoms in total. The first-order valence-corrected chi connectivity index (χ1v) is 23.8. The Bertz CT molecular complexity index is 3610. The predicted octanol–water partition coefficient (Wildman–Crippen LogP) is 6.48. The van der Waals surface area contributed by atoms with Crippen LogP contribution in [0.25, 0.3) is 67.8 Å². The molecule has 0 unspecified atom stereocenters. The minimum Gasteiger partial charge on any atom is -0.368 e. The van der Waals surface area contributed by atoms with Gasteiger partial charge < -0.3 is 45.9 Å². The summed E-state index contributed by atoms with van der Waals surface area (Å²) in [5.74, 6) is 1.62. The van der Waals surface area contributed by atoms with Gasteiger partial charge in [-0.2, -0.15) is 59.8 Å². The van der Waals surface area contributed by atoms with Crippen LogP contribution in [-0.4, -0.2) is 59.8 Å². The SMILES string of the molecule is Nc1nc(N)nc(-c2ccc(C3(c4ccc(-c5nc(N)nc(N)n5)cc4)c4ccccc4-c4cc5c(cc43)-c3ccccc3C5(c3ccc(-c4nc(N)nc(N)n4)cc3)c3ccc(-c4nc(N)nc(N)n4)cc3)cc2)n1. The van der Waals surface area contributed by atoms with E-state index in [0.717, 1.165) is 66.8 Å². The first kappa shape index (κ1) is 44.9. The summed E-state index contributed by atoms with van der Waals surface area (Å²) in [5, 5.41) is 0. The van der Waals surface area contributed by atoms with Gasteiger partial charge in [-0.05, 0) is 78.9 Å². The van der Waals surface area contributed by atoms with Crippen molar-refractivity contribution in [3.05, 3.63) is 202 Å². The second kappa shape index (κ2) is 16.8. The number of benzene rings is 7. The van der Waals surface area contributed by atoms with Crippen molar-refractivity contribution in [2.24, 2.45) is 0 Å². The predicted molar refractivity (Wildman–Crippen MR) is 292 cm³/mol. The third-order valence-electron chi connectivity index (χ3n) is 14.2. The second-order valence-corrected chi connectivity index (χ2v) is 18.3. The van der Waals surface area contributed by atoms with Crippen LogP contribution in [0.2, 0.25) is 0 Å². The molecule has 0 spiro atoms. The van der Waals surface area contributed by atoms with Gasteiger partial charge in [-0.1, -0.05) is 146 Å². The Morgan fingerprint density at radius 2 is 0.447 bits per heavy atom. The molecule has 4 aromatic heterocycles. The van der Waals surface area contributed by atoms with Crippen LogP contribution in [0.1, 0.15) is 44.5 Å². The molecule has 4 heterocycles. The van der Waals surface area contributed by atoms with Crippen molar-refractivity contribution in [1.29, 1.82) is 0 Å². The van der Waals surface area contributed by atoms with Crippen molar-refractivity contribution < 1.29 is 0 Å². The van der Waals surface area contributed by atoms with Crippen molar-refractivity contribution in [3.8, 4) is 67.8 Å². The van der Waals surface area contributed by atoms with Gasteiger partial charge in [0.05, 0.1) is 10.8 Å². The Labute approximate surface area is 432 Å². The average molecular weight is 995 g/mol. The van der Waals surface area contributed by atoms with Crippen LogP contribution in [0, 0.1) is 0 Å². The fraction of sp³-hybridized carbons (Fsp3) is 0.0357. The first-order valence-electron chi connectivity index (χ1n) is 23.8. The molecule has 0 aliphatic heterocycles. The number of hydrogen-bond donors (Lipinski definition) is 8. The molecule has 13 rings (SSSR count). The van der Waals surface area contributed by atoms with Crippen molar-refractivity contribution in [2.45, 2.75) is 10.8 Å². The van der Waals surface area contributed by atoms with Gasteiger partial charge in [-0.25, -0.2) is 0 Å². The van der Waals surface area contributed by atoms with Gasteiger partial charge in [-0.15, -0.1) is 0 Å². The van der Waals surface area contributed by atoms with Gasteiger partial charge in [0.25, 0.3) is 0 Å². The molecular formula is C56H42N20. The highest BCUT2D eigenvalue weighted by Gasteiger charge is 2.51. The lowest BCUT2D eigenvalue weighted by Gasteiger charge is -2.36. The zero-order valence-corrected chi connectivity index (χ0v) is 40.0. The van der Waals surface area contributed by atoms with Crippen LogP contribution in [-0.2, 0) is 10.8 Å². The van der Waals surface area contributed by atoms with Gasteiger partial charge in [0.15, 0.2) is 23.3 Å². The zero-order valence-electron chi connectivity index (χ0n) is 40.0. The van der Waals surface area contributed by atoms with E-state index in [9.17, 15) is 0 Å². The number of nitrogens with zero attached hydrogens (tertiary/aromatic N) is 12. The highest BCUT2D eigenvalue weighted by Crippen LogP contribution is 2.62. The number of fused-ring (bicyclic) bond motifs is 6. The van der Waals surface area contributed by atoms with E-state index < -0.39 is 10.8 Å². The van der Waals surface area contributed by atoms with Crippen LogP contribution < -0.4 is 45.9 Å². The van der Waals surface area contributed by atoms with E-state index in [1.807, 2.05) is 48.5 Å². The van der Waals surface area contributed by atoms with E-state index in [1.165, 1.54) is 0 Å². The lowest BCUT2D eigenvalue weighted by molar-refractivity contribution is 0.759. The molecule has 16 N–H and O–H groups in total. The molecule has 0 radical (unpaired) electrons. The smallest absolute Gasteiger partial charge is 0.225 e. The van der Waals surface area contributed by atoms with E-state index in [-0.39, 0.29) is 47.6 Å². The Kier molecular flexibility index (Phi) is 9.91. The van der Waals surface area contributed by atoms with Crippen LogP contribution in [0.4, 0.5) is 47.6 Å². The normalized spacial score (nSPS) is 13.4. The molecule has 0 fully saturated rings. The summed E-state index contributed by atoms with van der Waals surface area (Å²) >= 11 is 0. The Hall–Kier alpha value is -11.0. The number of rotatable bonds is 8. The zero-order chi connectivity index (χ0) is 52.0. The number of hydrogen-bond acceptors (Lipinski definition) is 20. The summed E-state index contributed by atoms with van der Waals surface area (Å²) in [6.45, 7) is 0. The summed E-state index contributed by atoms with van der Waals surface area (Å²) in [7, 11) is 0. The van der Waals surface area contributed by atoms with Gasteiger partial charge >= 0.3 is 0 Å². The lowest BCUT2D eigenvalue weighted by atomic mass is 9.65. The van der Waals surface area contributed by atoms with Gasteiger partial charge in [0.2, 0.25) is 47.6 Å². The molecule has 0 amide bonds. The minimum atomic E-state index is -0.904. The first-order chi connectivity index (χ1) is 36.9. The molecular weight excluding hydrogens is 953 g/mol. The second-order valence-electron chi connectivity index (χ2n) is 18.3. The summed E-state index contributed by atoms with van der Waals surface area (Å²) in [6, 6.07) is 54.5. The fourth-order valence-electron chi connectivity index (χ4n) is 11.3. The molecule has 20 heteroatoms. The fourth-order valence-corrected chi connectivity index (χ4v) is 11.3. The van der Waals surface area contributed by atoms with Crippen LogP contribution >= 0.6 is 0 Å². The Balaban J connectivity index is 1.07. The molecule has 2 aliphatic rings. The molecule has 0 bridgehead atoms. The van der Waals surface area contributed by atoms with E-state index >= 15 is 0 Å². The van der Waals surface area contributed by atoms with E-state index in [2.05, 4.69) is 169 Å². The molecule has 7 aromatic carbocycles. The molecule has 0 saturated heterocycles. The number of nitrogen functional groups attached to an aromatic ring is 8. The standard InChI is InChI=1S/C56H42N20/c57-47-65-43(66-48(58)73-47)27-9-17-31(18-10-27)55(32-19-11-28(12-20-32)44-67-49(59)74-50(60)68-44)39-7-3-1-5-35(39)37-25-42-38(26-41(37)55)36-6-2-4-8-40(36)56(42,33-21-13-29(14-22-33)45-69-51(61)75-52(62)70-45)34-23-15-30(16-24-34)46-71-53(63)76-54(64)72-46/h1-26H,(H4,57,58,65,66,73)(H4,59,60,67,68,74)(H4,61,62,69,70,75)(H4,63,64,71,72,76). The quantitative estimate of drug-likeness (QED) is 0.0807. The van der Waals surface area contributed by atoms with Crippen LogP contribution in [0.15, 0.2) is 158 Å². The Morgan fingerprint density at radius 3 is 0.684 bits per heavy atom. The molecule has 76 heavy (non-hydrogen) atoms. The number of aromatic nitrogens is 12. The molecule has 0 saturated carbocycles. The summed E-state index contributed by atoms with van der Waals surface area (Å²) < 4.78 is 0. The van der Waals surface area contributed by atoms with Crippen LogP contribution in [0.3, 0.4) is 0 Å². The Morgan fingerprint density at radius 1 is 0.224 bits per heavy atom. The maximum atomic E-state index is 6.05. The third kappa shape index (κ3) is 6.92. The van der Waals surface area contributed by atoms with Crippen molar-refractivity contribution in [3.63, 3.8) is 0 Å². The summed E-state index contributed by atoms with van der Waals surface area (Å²) in [6.07, 6.45) is 0. The van der Waals surface area contributed by atoms with Crippen molar-refractivity contribution in [1.82, 2.24) is 59.8 Å². The molecule has 0 atom stereocenters. The third-order valence-corrected chi connectivity index (χ3v) is 14.2. The molecule has 2 aliphatic carbocycles. The monoisotopic (exact) mass is 994 g/mol. The van der Waals surface area contributed by atoms with Gasteiger partial charge in [0.1, 0.15) is 0 Å². The van der Waals surface area contributed by atoms with E-state index in [4.69, 9.17) is 45.9 Å². The van der Waals surface area contributed by atoms with Crippen molar-refractivity contribution >= 4 is 47.6 Å². The average Bonchev–Trinajstić information content (AvgIpc) is 3.90. The molecule has 11 aromatic rings. The van der Waals surface area contributed by atoms with Crippen molar-refractivity contribution in [2.75, 3.05) is 45.9 Å². The number of anilines is 8. The highest BCUT2D eigenvalue weighted by molar-refractivity contribution is 5.95. The van der Waals surface area contributed by atoms with Gasteiger partial charge in [0, 0.05) is 22.3 Å². The van der Waals surface area contributed by atoms with E-state index in [1.54, 1.807) is 0 Å². The minimum absolute atomic E-state index is 0.0249. The largest absolute Gasteiger partial charge is 0.368 e. The maximum Gasteiger partial charge on any atom is 0.225 e. The van der Waals surface area contributed by atoms with E-state index in [0.29, 0.717) is 45.6 Å². The maximum absolute atomic E-state index is 6.05.